The van der Waals surface area contributed by atoms with Crippen LogP contribution in [-0.2, 0) is 11.2 Å². The second kappa shape index (κ2) is 7.57. The quantitative estimate of drug-likeness (QED) is 0.771. The first-order valence-electron chi connectivity index (χ1n) is 7.93. The summed E-state index contributed by atoms with van der Waals surface area (Å²) in [6.07, 6.45) is 4.70. The van der Waals surface area contributed by atoms with Crippen LogP contribution in [0.2, 0.25) is 0 Å². The summed E-state index contributed by atoms with van der Waals surface area (Å²) in [5.41, 5.74) is 7.99. The SMILES string of the molecule is CCCc1ccc(NC(=O)CN(C)C(CN)C2CC2)cc1. The van der Waals surface area contributed by atoms with Gasteiger partial charge in [-0.2, -0.15) is 0 Å². The molecule has 1 amide bonds. The number of benzene rings is 1. The van der Waals surface area contributed by atoms with Crippen LogP contribution in [0.3, 0.4) is 0 Å². The molecule has 1 atom stereocenters. The summed E-state index contributed by atoms with van der Waals surface area (Å²) >= 11 is 0. The van der Waals surface area contributed by atoms with Crippen molar-refractivity contribution in [3.63, 3.8) is 0 Å². The number of amides is 1. The van der Waals surface area contributed by atoms with Gasteiger partial charge in [0.15, 0.2) is 0 Å². The largest absolute Gasteiger partial charge is 0.329 e. The molecule has 3 N–H and O–H groups in total. The molecule has 0 aromatic heterocycles. The lowest BCUT2D eigenvalue weighted by atomic mass is 10.1. The smallest absolute Gasteiger partial charge is 0.238 e. The molecule has 1 aromatic rings. The van der Waals surface area contributed by atoms with Crippen LogP contribution in [0.4, 0.5) is 5.69 Å². The Morgan fingerprint density at radius 1 is 1.38 bits per heavy atom. The Morgan fingerprint density at radius 3 is 2.57 bits per heavy atom. The molecule has 1 fully saturated rings. The van der Waals surface area contributed by atoms with Crippen molar-refractivity contribution < 1.29 is 4.79 Å². The number of nitrogens with one attached hydrogen (secondary N) is 1. The highest BCUT2D eigenvalue weighted by Gasteiger charge is 2.33. The molecule has 21 heavy (non-hydrogen) atoms. The van der Waals surface area contributed by atoms with Crippen molar-refractivity contribution in [2.24, 2.45) is 11.7 Å². The van der Waals surface area contributed by atoms with Gasteiger partial charge in [-0.3, -0.25) is 9.69 Å². The Balaban J connectivity index is 1.83. The molecule has 0 heterocycles. The monoisotopic (exact) mass is 289 g/mol. The van der Waals surface area contributed by atoms with E-state index in [1.165, 1.54) is 18.4 Å². The molecule has 1 unspecified atom stereocenters. The number of rotatable bonds is 8. The summed E-state index contributed by atoms with van der Waals surface area (Å²) in [4.78, 5) is 14.2. The van der Waals surface area contributed by atoms with Gasteiger partial charge in [-0.25, -0.2) is 0 Å². The molecular formula is C17H27N3O. The second-order valence-electron chi connectivity index (χ2n) is 6.05. The van der Waals surface area contributed by atoms with Crippen LogP contribution in [0, 0.1) is 5.92 Å². The highest BCUT2D eigenvalue weighted by molar-refractivity contribution is 5.92. The minimum atomic E-state index is 0.0276. The molecule has 0 radical (unpaired) electrons. The molecule has 1 aliphatic rings. The maximum Gasteiger partial charge on any atom is 0.238 e. The summed E-state index contributed by atoms with van der Waals surface area (Å²) in [6, 6.07) is 8.45. The fourth-order valence-electron chi connectivity index (χ4n) is 2.80. The van der Waals surface area contributed by atoms with E-state index >= 15 is 0 Å². The standard InChI is InChI=1S/C17H27N3O/c1-3-4-13-5-9-15(10-6-13)19-17(21)12-20(2)16(11-18)14-7-8-14/h5-6,9-10,14,16H,3-4,7-8,11-12,18H2,1-2H3,(H,19,21). The van der Waals surface area contributed by atoms with Gasteiger partial charge in [-0.15, -0.1) is 0 Å². The van der Waals surface area contributed by atoms with E-state index in [0.29, 0.717) is 25.0 Å². The van der Waals surface area contributed by atoms with Crippen molar-refractivity contribution in [3.05, 3.63) is 29.8 Å². The van der Waals surface area contributed by atoms with Crippen LogP contribution in [0.5, 0.6) is 0 Å². The van der Waals surface area contributed by atoms with Gasteiger partial charge >= 0.3 is 0 Å². The van der Waals surface area contributed by atoms with Crippen molar-refractivity contribution in [3.8, 4) is 0 Å². The maximum atomic E-state index is 12.1. The molecule has 1 aromatic carbocycles. The fraction of sp³-hybridized carbons (Fsp3) is 0.588. The van der Waals surface area contributed by atoms with Gasteiger partial charge in [0.1, 0.15) is 0 Å². The first kappa shape index (κ1) is 16.0. The average molecular weight is 289 g/mol. The van der Waals surface area contributed by atoms with E-state index < -0.39 is 0 Å². The average Bonchev–Trinajstić information content (AvgIpc) is 3.26. The Bertz CT molecular complexity index is 454. The molecule has 1 saturated carbocycles. The zero-order chi connectivity index (χ0) is 15.2. The minimum Gasteiger partial charge on any atom is -0.329 e. The zero-order valence-electron chi connectivity index (χ0n) is 13.1. The first-order valence-corrected chi connectivity index (χ1v) is 7.93. The Labute approximate surface area is 127 Å². The van der Waals surface area contributed by atoms with Crippen LogP contribution in [-0.4, -0.2) is 37.0 Å². The Hall–Kier alpha value is -1.39. The van der Waals surface area contributed by atoms with Crippen LogP contribution < -0.4 is 11.1 Å². The van der Waals surface area contributed by atoms with Gasteiger partial charge in [-0.1, -0.05) is 25.5 Å². The topological polar surface area (TPSA) is 58.4 Å². The van der Waals surface area contributed by atoms with Crippen LogP contribution in [0.15, 0.2) is 24.3 Å². The molecule has 0 saturated heterocycles. The number of likely N-dealkylation sites (N-methyl/N-ethyl adjacent to an activating group) is 1. The fourth-order valence-corrected chi connectivity index (χ4v) is 2.80. The van der Waals surface area contributed by atoms with Gasteiger partial charge in [-0.05, 0) is 49.9 Å². The van der Waals surface area contributed by atoms with Gasteiger partial charge in [0, 0.05) is 18.3 Å². The zero-order valence-corrected chi connectivity index (χ0v) is 13.1. The number of carbonyl (C=O) groups excluding carboxylic acids is 1. The van der Waals surface area contributed by atoms with Crippen molar-refractivity contribution in [1.82, 2.24) is 4.90 Å². The van der Waals surface area contributed by atoms with Crippen molar-refractivity contribution in [1.29, 1.82) is 0 Å². The molecule has 0 bridgehead atoms. The number of nitrogens with two attached hydrogens (primary N) is 1. The number of anilines is 1. The molecule has 0 spiro atoms. The van der Waals surface area contributed by atoms with Crippen LogP contribution >= 0.6 is 0 Å². The second-order valence-corrected chi connectivity index (χ2v) is 6.05. The molecule has 4 heteroatoms. The summed E-state index contributed by atoms with van der Waals surface area (Å²) in [7, 11) is 1.99. The van der Waals surface area contributed by atoms with E-state index in [-0.39, 0.29) is 5.91 Å². The van der Waals surface area contributed by atoms with E-state index in [9.17, 15) is 4.79 Å². The summed E-state index contributed by atoms with van der Waals surface area (Å²) in [5.74, 6) is 0.709. The summed E-state index contributed by atoms with van der Waals surface area (Å²) in [5, 5.41) is 2.96. The number of carbonyl (C=O) groups is 1. The van der Waals surface area contributed by atoms with E-state index in [1.807, 2.05) is 19.2 Å². The van der Waals surface area contributed by atoms with Gasteiger partial charge in [0.2, 0.25) is 5.91 Å². The molecule has 0 aliphatic heterocycles. The Morgan fingerprint density at radius 2 is 2.05 bits per heavy atom. The lowest BCUT2D eigenvalue weighted by molar-refractivity contribution is -0.117. The molecule has 1 aliphatic carbocycles. The number of hydrogen-bond donors (Lipinski definition) is 2. The van der Waals surface area contributed by atoms with Crippen molar-refractivity contribution >= 4 is 11.6 Å². The van der Waals surface area contributed by atoms with Crippen molar-refractivity contribution in [2.75, 3.05) is 25.5 Å². The van der Waals surface area contributed by atoms with E-state index in [1.54, 1.807) is 0 Å². The molecule has 4 nitrogen and oxygen atoms in total. The third kappa shape index (κ3) is 4.83. The van der Waals surface area contributed by atoms with E-state index in [4.69, 9.17) is 5.73 Å². The summed E-state index contributed by atoms with van der Waals surface area (Å²) in [6.45, 7) is 3.19. The van der Waals surface area contributed by atoms with Crippen LogP contribution in [0.1, 0.15) is 31.7 Å². The normalized spacial score (nSPS) is 16.0. The first-order chi connectivity index (χ1) is 10.1. The lowest BCUT2D eigenvalue weighted by Crippen LogP contribution is -2.43. The van der Waals surface area contributed by atoms with Crippen molar-refractivity contribution in [2.45, 2.75) is 38.6 Å². The highest BCUT2D eigenvalue weighted by Crippen LogP contribution is 2.34. The number of nitrogens with zero attached hydrogens (tertiary/aromatic N) is 1. The molecule has 116 valence electrons. The highest BCUT2D eigenvalue weighted by atomic mass is 16.2. The van der Waals surface area contributed by atoms with Gasteiger partial charge < -0.3 is 11.1 Å². The third-order valence-electron chi connectivity index (χ3n) is 4.14. The maximum absolute atomic E-state index is 12.1. The van der Waals surface area contributed by atoms with Gasteiger partial charge in [0.05, 0.1) is 6.54 Å². The summed E-state index contributed by atoms with van der Waals surface area (Å²) < 4.78 is 0. The predicted octanol–water partition coefficient (Wildman–Crippen LogP) is 2.25. The molecule has 2 rings (SSSR count). The van der Waals surface area contributed by atoms with Crippen LogP contribution in [0.25, 0.3) is 0 Å². The number of aryl methyl sites for hydroxylation is 1. The lowest BCUT2D eigenvalue weighted by Gasteiger charge is -2.26. The predicted molar refractivity (Wildman–Crippen MR) is 87.3 cm³/mol. The Kier molecular flexibility index (Phi) is 5.76. The van der Waals surface area contributed by atoms with E-state index in [2.05, 4.69) is 29.3 Å². The molecular weight excluding hydrogens is 262 g/mol. The third-order valence-corrected chi connectivity index (χ3v) is 4.14. The minimum absolute atomic E-state index is 0.0276. The number of hydrogen-bond acceptors (Lipinski definition) is 3. The van der Waals surface area contributed by atoms with Gasteiger partial charge in [0.25, 0.3) is 0 Å². The van der Waals surface area contributed by atoms with E-state index in [0.717, 1.165) is 18.5 Å².